The molecule has 0 bridgehead atoms. The average Bonchev–Trinajstić information content (AvgIpc) is 2.91. The lowest BCUT2D eigenvalue weighted by molar-refractivity contribution is -0.139. The summed E-state index contributed by atoms with van der Waals surface area (Å²) in [4.78, 5) is 23.1. The smallest absolute Gasteiger partial charge is 0.341 e. The molecule has 134 valence electrons. The van der Waals surface area contributed by atoms with E-state index in [1.807, 2.05) is 43.3 Å². The lowest BCUT2D eigenvalue weighted by Crippen LogP contribution is -2.15. The van der Waals surface area contributed by atoms with Gasteiger partial charge in [0, 0.05) is 28.7 Å². The van der Waals surface area contributed by atoms with Crippen molar-refractivity contribution in [3.8, 4) is 5.75 Å². The third kappa shape index (κ3) is 3.45. The number of aliphatic carboxylic acids is 1. The predicted molar refractivity (Wildman–Crippen MR) is 98.7 cm³/mol. The summed E-state index contributed by atoms with van der Waals surface area (Å²) in [7, 11) is 0. The number of carboxylic acid groups (broad SMARTS) is 1. The number of benzene rings is 2. The number of Topliss-reactive ketones (excluding diaryl/α,β-unsaturated/α-hetero) is 1. The molecule has 2 aromatic carbocycles. The van der Waals surface area contributed by atoms with Crippen LogP contribution >= 0.6 is 0 Å². The van der Waals surface area contributed by atoms with Crippen molar-refractivity contribution >= 4 is 22.7 Å². The number of hydrogen-bond donors (Lipinski definition) is 2. The molecule has 0 aliphatic heterocycles. The SMILES string of the molecule is Cc1c(C(=O)CN)c2cc(OCC(=O)O)ccc2n1Cc1ccccc1. The van der Waals surface area contributed by atoms with Gasteiger partial charge in [-0.15, -0.1) is 0 Å². The summed E-state index contributed by atoms with van der Waals surface area (Å²) in [5.41, 5.74) is 8.97. The summed E-state index contributed by atoms with van der Waals surface area (Å²) in [6, 6.07) is 15.2. The number of ketones is 1. The first-order valence-electron chi connectivity index (χ1n) is 8.26. The van der Waals surface area contributed by atoms with E-state index in [0.717, 1.165) is 22.2 Å². The number of carbonyl (C=O) groups is 2. The number of nitrogens with two attached hydrogens (primary N) is 1. The van der Waals surface area contributed by atoms with Gasteiger partial charge in [0.15, 0.2) is 12.4 Å². The number of carbonyl (C=O) groups excluding carboxylic acids is 1. The van der Waals surface area contributed by atoms with Crippen molar-refractivity contribution in [3.05, 3.63) is 65.4 Å². The van der Waals surface area contributed by atoms with Gasteiger partial charge in [-0.05, 0) is 30.7 Å². The Morgan fingerprint density at radius 2 is 1.88 bits per heavy atom. The summed E-state index contributed by atoms with van der Waals surface area (Å²) in [6.45, 7) is 1.99. The van der Waals surface area contributed by atoms with Crippen molar-refractivity contribution in [2.24, 2.45) is 5.73 Å². The quantitative estimate of drug-likeness (QED) is 0.638. The Hall–Kier alpha value is -3.12. The van der Waals surface area contributed by atoms with Crippen LogP contribution in [-0.4, -0.2) is 34.6 Å². The first kappa shape index (κ1) is 17.7. The van der Waals surface area contributed by atoms with E-state index in [2.05, 4.69) is 4.57 Å². The van der Waals surface area contributed by atoms with E-state index < -0.39 is 12.6 Å². The second-order valence-electron chi connectivity index (χ2n) is 6.02. The highest BCUT2D eigenvalue weighted by molar-refractivity contribution is 6.10. The zero-order valence-electron chi connectivity index (χ0n) is 14.4. The highest BCUT2D eigenvalue weighted by Gasteiger charge is 2.20. The molecule has 0 amide bonds. The Labute approximate surface area is 150 Å². The summed E-state index contributed by atoms with van der Waals surface area (Å²) in [5, 5.41) is 9.50. The van der Waals surface area contributed by atoms with Gasteiger partial charge in [-0.3, -0.25) is 4.79 Å². The van der Waals surface area contributed by atoms with Gasteiger partial charge in [0.2, 0.25) is 0 Å². The van der Waals surface area contributed by atoms with Crippen LogP contribution in [0.25, 0.3) is 10.9 Å². The van der Waals surface area contributed by atoms with E-state index >= 15 is 0 Å². The fraction of sp³-hybridized carbons (Fsp3) is 0.200. The van der Waals surface area contributed by atoms with E-state index in [4.69, 9.17) is 15.6 Å². The van der Waals surface area contributed by atoms with Crippen LogP contribution in [0.2, 0.25) is 0 Å². The molecule has 0 unspecified atom stereocenters. The molecule has 1 aromatic heterocycles. The molecule has 1 heterocycles. The van der Waals surface area contributed by atoms with E-state index in [1.165, 1.54) is 0 Å². The Morgan fingerprint density at radius 1 is 1.15 bits per heavy atom. The third-order valence-corrected chi connectivity index (χ3v) is 4.30. The van der Waals surface area contributed by atoms with Crippen LogP contribution in [0, 0.1) is 6.92 Å². The largest absolute Gasteiger partial charge is 0.482 e. The van der Waals surface area contributed by atoms with Gasteiger partial charge in [0.25, 0.3) is 0 Å². The Bertz CT molecular complexity index is 961. The molecule has 0 fully saturated rings. The maximum Gasteiger partial charge on any atom is 0.341 e. The molecule has 3 aromatic rings. The van der Waals surface area contributed by atoms with Crippen LogP contribution in [0.1, 0.15) is 21.6 Å². The third-order valence-electron chi connectivity index (χ3n) is 4.30. The minimum absolute atomic E-state index is 0.0918. The van der Waals surface area contributed by atoms with Crippen LogP contribution in [-0.2, 0) is 11.3 Å². The highest BCUT2D eigenvalue weighted by atomic mass is 16.5. The maximum atomic E-state index is 12.4. The number of carboxylic acids is 1. The fourth-order valence-corrected chi connectivity index (χ4v) is 3.12. The maximum absolute atomic E-state index is 12.4. The Balaban J connectivity index is 2.11. The van der Waals surface area contributed by atoms with Gasteiger partial charge < -0.3 is 20.1 Å². The van der Waals surface area contributed by atoms with Crippen LogP contribution in [0.15, 0.2) is 48.5 Å². The lowest BCUT2D eigenvalue weighted by Gasteiger charge is -2.09. The number of fused-ring (bicyclic) bond motifs is 1. The first-order valence-corrected chi connectivity index (χ1v) is 8.26. The number of ether oxygens (including phenoxy) is 1. The molecular formula is C20H20N2O4. The minimum atomic E-state index is -1.05. The van der Waals surface area contributed by atoms with E-state index in [1.54, 1.807) is 12.1 Å². The molecule has 26 heavy (non-hydrogen) atoms. The minimum Gasteiger partial charge on any atom is -0.482 e. The van der Waals surface area contributed by atoms with Crippen molar-refractivity contribution < 1.29 is 19.4 Å². The number of rotatable bonds is 7. The molecule has 6 nitrogen and oxygen atoms in total. The van der Waals surface area contributed by atoms with Crippen molar-refractivity contribution in [3.63, 3.8) is 0 Å². The highest BCUT2D eigenvalue weighted by Crippen LogP contribution is 2.30. The standard InChI is InChI=1S/C20H20N2O4/c1-13-20(18(23)10-21)16-9-15(26-12-19(24)25)7-8-17(16)22(13)11-14-5-3-2-4-6-14/h2-9H,10-12,21H2,1H3,(H,24,25). The molecule has 0 radical (unpaired) electrons. The first-order chi connectivity index (χ1) is 12.5. The molecule has 0 saturated heterocycles. The summed E-state index contributed by atoms with van der Waals surface area (Å²) >= 11 is 0. The van der Waals surface area contributed by atoms with Crippen molar-refractivity contribution in [1.82, 2.24) is 4.57 Å². The monoisotopic (exact) mass is 352 g/mol. The van der Waals surface area contributed by atoms with Crippen molar-refractivity contribution in [2.45, 2.75) is 13.5 Å². The molecule has 6 heteroatoms. The van der Waals surface area contributed by atoms with Crippen LogP contribution < -0.4 is 10.5 Å². The van der Waals surface area contributed by atoms with Gasteiger partial charge in [-0.2, -0.15) is 0 Å². The summed E-state index contributed by atoms with van der Waals surface area (Å²) < 4.78 is 7.32. The van der Waals surface area contributed by atoms with Crippen LogP contribution in [0.5, 0.6) is 5.75 Å². The Kier molecular flexibility index (Phi) is 5.04. The molecule has 0 spiro atoms. The average molecular weight is 352 g/mol. The number of hydrogen-bond acceptors (Lipinski definition) is 4. The molecule has 0 saturated carbocycles. The van der Waals surface area contributed by atoms with E-state index in [-0.39, 0.29) is 12.3 Å². The fourth-order valence-electron chi connectivity index (χ4n) is 3.12. The lowest BCUT2D eigenvalue weighted by atomic mass is 10.1. The zero-order chi connectivity index (χ0) is 18.7. The topological polar surface area (TPSA) is 94.6 Å². The molecule has 0 atom stereocenters. The predicted octanol–water partition coefficient (Wildman–Crippen LogP) is 2.60. The second-order valence-corrected chi connectivity index (χ2v) is 6.02. The van der Waals surface area contributed by atoms with Gasteiger partial charge in [0.05, 0.1) is 6.54 Å². The van der Waals surface area contributed by atoms with Crippen molar-refractivity contribution in [1.29, 1.82) is 0 Å². The molecule has 3 N–H and O–H groups in total. The molecular weight excluding hydrogens is 332 g/mol. The summed E-state index contributed by atoms with van der Waals surface area (Å²) in [6.07, 6.45) is 0. The van der Waals surface area contributed by atoms with Gasteiger partial charge >= 0.3 is 5.97 Å². The van der Waals surface area contributed by atoms with Gasteiger partial charge in [-0.1, -0.05) is 30.3 Å². The van der Waals surface area contributed by atoms with E-state index in [0.29, 0.717) is 17.9 Å². The molecule has 3 rings (SSSR count). The second kappa shape index (κ2) is 7.41. The van der Waals surface area contributed by atoms with Crippen LogP contribution in [0.4, 0.5) is 0 Å². The van der Waals surface area contributed by atoms with Crippen LogP contribution in [0.3, 0.4) is 0 Å². The normalized spacial score (nSPS) is 10.8. The number of aromatic nitrogens is 1. The zero-order valence-corrected chi connectivity index (χ0v) is 14.4. The number of nitrogens with zero attached hydrogens (tertiary/aromatic N) is 1. The Morgan fingerprint density at radius 3 is 2.54 bits per heavy atom. The molecule has 0 aliphatic carbocycles. The molecule has 0 aliphatic rings. The van der Waals surface area contributed by atoms with Gasteiger partial charge in [0.1, 0.15) is 5.75 Å². The van der Waals surface area contributed by atoms with E-state index in [9.17, 15) is 9.59 Å². The summed E-state index contributed by atoms with van der Waals surface area (Å²) in [5.74, 6) is -0.807. The van der Waals surface area contributed by atoms with Crippen molar-refractivity contribution in [2.75, 3.05) is 13.2 Å². The van der Waals surface area contributed by atoms with Gasteiger partial charge in [-0.25, -0.2) is 4.79 Å².